The molecule has 1 heterocycles. The second-order valence-electron chi connectivity index (χ2n) is 6.55. The van der Waals surface area contributed by atoms with Crippen LogP contribution in [0.3, 0.4) is 0 Å². The molecule has 0 aliphatic heterocycles. The Morgan fingerprint density at radius 2 is 2.00 bits per heavy atom. The molecule has 0 saturated carbocycles. The number of carboxylic acids is 1. The first-order valence-electron chi connectivity index (χ1n) is 9.33. The number of para-hydroxylation sites is 1. The summed E-state index contributed by atoms with van der Waals surface area (Å²) in [5.41, 5.74) is 7.26. The van der Waals surface area contributed by atoms with Crippen LogP contribution in [0.1, 0.15) is 41.5 Å². The van der Waals surface area contributed by atoms with Gasteiger partial charge in [-0.3, -0.25) is 14.4 Å². The molecule has 0 unspecified atom stereocenters. The highest BCUT2D eigenvalue weighted by Crippen LogP contribution is 2.33. The van der Waals surface area contributed by atoms with E-state index in [0.29, 0.717) is 39.7 Å². The normalized spacial score (nSPS) is 11.5. The lowest BCUT2D eigenvalue weighted by molar-refractivity contribution is -0.136. The molecule has 31 heavy (non-hydrogen) atoms. The Morgan fingerprint density at radius 3 is 2.61 bits per heavy atom. The zero-order valence-corrected chi connectivity index (χ0v) is 18.3. The Hall–Kier alpha value is -3.40. The van der Waals surface area contributed by atoms with Gasteiger partial charge in [0.05, 0.1) is 19.2 Å². The summed E-state index contributed by atoms with van der Waals surface area (Å²) in [6.45, 7) is 3.44. The van der Waals surface area contributed by atoms with Crippen LogP contribution in [0.2, 0.25) is 0 Å². The number of hydrogen-bond acceptors (Lipinski definition) is 8. The largest absolute Gasteiger partial charge is 0.496 e. The summed E-state index contributed by atoms with van der Waals surface area (Å²) in [5.74, 6) is 0.153. The number of amides is 1. The quantitative estimate of drug-likeness (QED) is 0.530. The molecule has 2 aromatic rings. The van der Waals surface area contributed by atoms with E-state index in [2.05, 4.69) is 9.97 Å². The lowest BCUT2D eigenvalue weighted by atomic mass is 10.2. The molecular weight excluding hydrogens is 420 g/mol. The molecule has 0 atom stereocenters. The number of ether oxygens (including phenoxy) is 1. The van der Waals surface area contributed by atoms with Crippen LogP contribution in [0.4, 0.5) is 5.82 Å². The summed E-state index contributed by atoms with van der Waals surface area (Å²) in [6, 6.07) is 6.75. The van der Waals surface area contributed by atoms with Crippen molar-refractivity contribution in [1.82, 2.24) is 14.9 Å². The lowest BCUT2D eigenvalue weighted by Gasteiger charge is -2.22. The van der Waals surface area contributed by atoms with Crippen molar-refractivity contribution in [1.29, 1.82) is 0 Å². The third-order valence-electron chi connectivity index (χ3n) is 4.43. The molecule has 9 nitrogen and oxygen atoms in total. The topological polar surface area (TPSA) is 136 Å². The first-order valence-corrected chi connectivity index (χ1v) is 10.1. The van der Waals surface area contributed by atoms with E-state index in [0.717, 1.165) is 11.8 Å². The maximum Gasteiger partial charge on any atom is 0.303 e. The van der Waals surface area contributed by atoms with Crippen molar-refractivity contribution in [2.24, 2.45) is 0 Å². The molecule has 0 saturated heterocycles. The third kappa shape index (κ3) is 6.54. The summed E-state index contributed by atoms with van der Waals surface area (Å²) < 4.78 is 5.24. The monoisotopic (exact) mass is 444 g/mol. The Balaban J connectivity index is 2.36. The number of nitrogens with zero attached hydrogens (tertiary/aromatic N) is 3. The number of rotatable bonds is 10. The van der Waals surface area contributed by atoms with Gasteiger partial charge in [0.15, 0.2) is 0 Å². The maximum atomic E-state index is 12.9. The van der Waals surface area contributed by atoms with Crippen molar-refractivity contribution in [3.05, 3.63) is 58.0 Å². The van der Waals surface area contributed by atoms with Crippen LogP contribution in [0, 0.1) is 6.92 Å². The minimum absolute atomic E-state index is 0.0803. The molecule has 0 aliphatic rings. The number of aliphatic carboxylic acids is 1. The smallest absolute Gasteiger partial charge is 0.303 e. The third-order valence-corrected chi connectivity index (χ3v) is 5.58. The zero-order valence-electron chi connectivity index (χ0n) is 17.5. The first kappa shape index (κ1) is 23.9. The van der Waals surface area contributed by atoms with Gasteiger partial charge in [0.25, 0.3) is 0 Å². The number of carbonyl (C=O) groups is 3. The number of allylic oxidation sites excluding steroid dienone is 2. The van der Waals surface area contributed by atoms with Gasteiger partial charge in [0, 0.05) is 28.8 Å². The van der Waals surface area contributed by atoms with Gasteiger partial charge in [0.1, 0.15) is 17.4 Å². The van der Waals surface area contributed by atoms with Crippen LogP contribution in [0.15, 0.2) is 41.1 Å². The molecule has 3 N–H and O–H groups in total. The number of hydrogen-bond donors (Lipinski definition) is 2. The van der Waals surface area contributed by atoms with Crippen molar-refractivity contribution in [2.75, 3.05) is 12.8 Å². The Morgan fingerprint density at radius 1 is 1.29 bits per heavy atom. The van der Waals surface area contributed by atoms with Gasteiger partial charge in [-0.05, 0) is 44.2 Å². The van der Waals surface area contributed by atoms with Crippen molar-refractivity contribution < 1.29 is 24.2 Å². The van der Waals surface area contributed by atoms with Crippen LogP contribution in [0.5, 0.6) is 5.75 Å². The zero-order chi connectivity index (χ0) is 23.0. The van der Waals surface area contributed by atoms with E-state index in [1.54, 1.807) is 38.1 Å². The highest BCUT2D eigenvalue weighted by Gasteiger charge is 2.20. The number of carboxylic acid groups (broad SMARTS) is 1. The average molecular weight is 445 g/mol. The minimum Gasteiger partial charge on any atom is -0.496 e. The van der Waals surface area contributed by atoms with Gasteiger partial charge in [-0.15, -0.1) is 0 Å². The fourth-order valence-corrected chi connectivity index (χ4v) is 3.69. The highest BCUT2D eigenvalue weighted by molar-refractivity contribution is 8.17. The molecular formula is C21H24N4O5S. The number of anilines is 1. The molecule has 0 spiro atoms. The molecule has 0 aliphatic carbocycles. The van der Waals surface area contributed by atoms with E-state index < -0.39 is 5.97 Å². The SMILES string of the molecule is COc1ccccc1C(=O)S/C(CCC(=O)O)=C(/C)N(C=O)Cc1cnc(C)nc1N. The molecule has 0 bridgehead atoms. The van der Waals surface area contributed by atoms with Crippen molar-refractivity contribution >= 4 is 35.1 Å². The van der Waals surface area contributed by atoms with Crippen LogP contribution >= 0.6 is 11.8 Å². The van der Waals surface area contributed by atoms with E-state index in [9.17, 15) is 14.4 Å². The predicted molar refractivity (Wildman–Crippen MR) is 117 cm³/mol. The number of methoxy groups -OCH3 is 1. The van der Waals surface area contributed by atoms with E-state index >= 15 is 0 Å². The van der Waals surface area contributed by atoms with Gasteiger partial charge in [-0.2, -0.15) is 0 Å². The highest BCUT2D eigenvalue weighted by atomic mass is 32.2. The maximum absolute atomic E-state index is 12.9. The van der Waals surface area contributed by atoms with Crippen molar-refractivity contribution in [3.8, 4) is 5.75 Å². The number of aromatic nitrogens is 2. The van der Waals surface area contributed by atoms with Crippen LogP contribution < -0.4 is 10.5 Å². The molecule has 2 rings (SSSR count). The first-order chi connectivity index (χ1) is 14.8. The second kappa shape index (κ2) is 11.1. The van der Waals surface area contributed by atoms with Gasteiger partial charge in [0.2, 0.25) is 11.5 Å². The van der Waals surface area contributed by atoms with Crippen LogP contribution in [-0.4, -0.2) is 44.6 Å². The molecule has 0 radical (unpaired) electrons. The number of aryl methyl sites for hydroxylation is 1. The van der Waals surface area contributed by atoms with E-state index in [4.69, 9.17) is 15.6 Å². The fraction of sp³-hybridized carbons (Fsp3) is 0.286. The van der Waals surface area contributed by atoms with Gasteiger partial charge in [-0.1, -0.05) is 12.1 Å². The van der Waals surface area contributed by atoms with E-state index in [1.807, 2.05) is 0 Å². The molecule has 0 fully saturated rings. The second-order valence-corrected chi connectivity index (χ2v) is 7.62. The van der Waals surface area contributed by atoms with E-state index in [1.165, 1.54) is 18.2 Å². The van der Waals surface area contributed by atoms with Gasteiger partial charge in [-0.25, -0.2) is 9.97 Å². The number of nitrogen functional groups attached to an aromatic ring is 1. The molecule has 1 aromatic carbocycles. The summed E-state index contributed by atoms with van der Waals surface area (Å²) in [7, 11) is 1.46. The average Bonchev–Trinajstić information content (AvgIpc) is 2.75. The molecule has 164 valence electrons. The molecule has 1 aromatic heterocycles. The summed E-state index contributed by atoms with van der Waals surface area (Å²) in [4.78, 5) is 45.8. The van der Waals surface area contributed by atoms with Crippen molar-refractivity contribution in [2.45, 2.75) is 33.2 Å². The van der Waals surface area contributed by atoms with Crippen LogP contribution in [0.25, 0.3) is 0 Å². The summed E-state index contributed by atoms with van der Waals surface area (Å²) in [6.07, 6.45) is 2.02. The molecule has 10 heteroatoms. The predicted octanol–water partition coefficient (Wildman–Crippen LogP) is 3.00. The van der Waals surface area contributed by atoms with Gasteiger partial charge >= 0.3 is 5.97 Å². The van der Waals surface area contributed by atoms with Crippen LogP contribution in [-0.2, 0) is 16.1 Å². The number of benzene rings is 1. The van der Waals surface area contributed by atoms with E-state index in [-0.39, 0.29) is 30.3 Å². The Labute approximate surface area is 184 Å². The Kier molecular flexibility index (Phi) is 8.56. The standard InChI is InChI=1S/C21H24N4O5S/c1-13(25(12-26)11-15-10-23-14(2)24-20(15)22)18(8-9-19(27)28)31-21(29)16-6-4-5-7-17(16)30-3/h4-7,10,12H,8-9,11H2,1-3H3,(H,27,28)(H2,22,23,24)/b18-13-. The number of carbonyl (C=O) groups excluding carboxylic acids is 2. The fourth-order valence-electron chi connectivity index (χ4n) is 2.72. The lowest BCUT2D eigenvalue weighted by Crippen LogP contribution is -2.22. The summed E-state index contributed by atoms with van der Waals surface area (Å²) in [5, 5.41) is 8.80. The minimum atomic E-state index is -1.01. The summed E-state index contributed by atoms with van der Waals surface area (Å²) >= 11 is 0.873. The number of nitrogens with two attached hydrogens (primary N) is 1. The Bertz CT molecular complexity index is 1010. The van der Waals surface area contributed by atoms with Crippen molar-refractivity contribution in [3.63, 3.8) is 0 Å². The molecule has 1 amide bonds. The number of thioether (sulfide) groups is 1. The van der Waals surface area contributed by atoms with Gasteiger partial charge < -0.3 is 20.5 Å².